The standard InChI is InChI=1S/C14H18O3/c1-9-4-5-12(6-10(9)2)14(15)11(3)17-13-7-16-8-13/h4-6,11,13H,7-8H2,1-3H3. The summed E-state index contributed by atoms with van der Waals surface area (Å²) < 4.78 is 10.6. The molecule has 0 aliphatic carbocycles. The van der Waals surface area contributed by atoms with Gasteiger partial charge in [-0.05, 0) is 38.0 Å². The predicted octanol–water partition coefficient (Wildman–Crippen LogP) is 2.29. The smallest absolute Gasteiger partial charge is 0.191 e. The van der Waals surface area contributed by atoms with Crippen LogP contribution in [0.1, 0.15) is 28.4 Å². The van der Waals surface area contributed by atoms with Gasteiger partial charge >= 0.3 is 0 Å². The van der Waals surface area contributed by atoms with E-state index >= 15 is 0 Å². The van der Waals surface area contributed by atoms with Gasteiger partial charge in [0.2, 0.25) is 0 Å². The van der Waals surface area contributed by atoms with Gasteiger partial charge in [-0.15, -0.1) is 0 Å². The summed E-state index contributed by atoms with van der Waals surface area (Å²) in [7, 11) is 0. The number of hydrogen-bond donors (Lipinski definition) is 0. The minimum atomic E-state index is -0.397. The van der Waals surface area contributed by atoms with Crippen LogP contribution in [0.15, 0.2) is 18.2 Å². The first-order valence-electron chi connectivity index (χ1n) is 5.92. The van der Waals surface area contributed by atoms with Gasteiger partial charge in [-0.1, -0.05) is 12.1 Å². The number of rotatable bonds is 4. The second-order valence-corrected chi connectivity index (χ2v) is 4.60. The lowest BCUT2D eigenvalue weighted by molar-refractivity contribution is -0.141. The molecule has 92 valence electrons. The predicted molar refractivity (Wildman–Crippen MR) is 65.4 cm³/mol. The Bertz CT molecular complexity index is 421. The van der Waals surface area contributed by atoms with Crippen molar-refractivity contribution < 1.29 is 14.3 Å². The topological polar surface area (TPSA) is 35.5 Å². The number of carbonyl (C=O) groups excluding carboxylic acids is 1. The highest BCUT2D eigenvalue weighted by Crippen LogP contribution is 2.15. The minimum Gasteiger partial charge on any atom is -0.376 e. The summed E-state index contributed by atoms with van der Waals surface area (Å²) in [6.07, 6.45) is -0.313. The maximum Gasteiger partial charge on any atom is 0.191 e. The molecule has 1 heterocycles. The molecule has 0 bridgehead atoms. The van der Waals surface area contributed by atoms with E-state index in [1.807, 2.05) is 32.0 Å². The molecule has 3 heteroatoms. The summed E-state index contributed by atoms with van der Waals surface area (Å²) in [6.45, 7) is 7.05. The zero-order chi connectivity index (χ0) is 12.4. The van der Waals surface area contributed by atoms with Crippen molar-refractivity contribution in [2.75, 3.05) is 13.2 Å². The third kappa shape index (κ3) is 2.73. The Balaban J connectivity index is 2.04. The summed E-state index contributed by atoms with van der Waals surface area (Å²) in [5.74, 6) is 0.0417. The van der Waals surface area contributed by atoms with E-state index in [4.69, 9.17) is 9.47 Å². The Morgan fingerprint density at radius 1 is 1.35 bits per heavy atom. The van der Waals surface area contributed by atoms with Crippen molar-refractivity contribution in [1.82, 2.24) is 0 Å². The number of carbonyl (C=O) groups is 1. The molecule has 0 spiro atoms. The Hall–Kier alpha value is -1.19. The van der Waals surface area contributed by atoms with Crippen LogP contribution < -0.4 is 0 Å². The number of Topliss-reactive ketones (excluding diaryl/α,β-unsaturated/α-hetero) is 1. The van der Waals surface area contributed by atoms with Gasteiger partial charge in [-0.25, -0.2) is 0 Å². The van der Waals surface area contributed by atoms with Gasteiger partial charge in [0.15, 0.2) is 5.78 Å². The fourth-order valence-corrected chi connectivity index (χ4v) is 1.77. The first kappa shape index (κ1) is 12.3. The van der Waals surface area contributed by atoms with E-state index in [2.05, 4.69) is 0 Å². The average Bonchev–Trinajstić information content (AvgIpc) is 2.26. The van der Waals surface area contributed by atoms with E-state index in [0.29, 0.717) is 13.2 Å². The molecule has 2 rings (SSSR count). The van der Waals surface area contributed by atoms with Crippen LogP contribution in [0.5, 0.6) is 0 Å². The zero-order valence-electron chi connectivity index (χ0n) is 10.5. The molecule has 0 amide bonds. The molecule has 3 nitrogen and oxygen atoms in total. The van der Waals surface area contributed by atoms with Crippen molar-refractivity contribution >= 4 is 5.78 Å². The van der Waals surface area contributed by atoms with Gasteiger partial charge in [0, 0.05) is 5.56 Å². The molecule has 1 atom stereocenters. The Morgan fingerprint density at radius 2 is 2.06 bits per heavy atom. The van der Waals surface area contributed by atoms with Gasteiger partial charge in [0.25, 0.3) is 0 Å². The van der Waals surface area contributed by atoms with Crippen LogP contribution in [-0.2, 0) is 9.47 Å². The molecule has 1 aliphatic heterocycles. The summed E-state index contributed by atoms with van der Waals surface area (Å²) in [4.78, 5) is 12.1. The van der Waals surface area contributed by atoms with Crippen molar-refractivity contribution in [3.63, 3.8) is 0 Å². The average molecular weight is 234 g/mol. The van der Waals surface area contributed by atoms with Crippen LogP contribution in [0.2, 0.25) is 0 Å². The highest BCUT2D eigenvalue weighted by Gasteiger charge is 2.25. The van der Waals surface area contributed by atoms with Crippen LogP contribution in [-0.4, -0.2) is 31.2 Å². The quantitative estimate of drug-likeness (QED) is 0.750. The lowest BCUT2D eigenvalue weighted by atomic mass is 10.0. The molecule has 1 fully saturated rings. The van der Waals surface area contributed by atoms with E-state index < -0.39 is 6.10 Å². The van der Waals surface area contributed by atoms with Gasteiger partial charge < -0.3 is 9.47 Å². The molecule has 0 N–H and O–H groups in total. The van der Waals surface area contributed by atoms with E-state index in [9.17, 15) is 4.79 Å². The maximum atomic E-state index is 12.1. The molecule has 1 aliphatic rings. The Morgan fingerprint density at radius 3 is 2.59 bits per heavy atom. The van der Waals surface area contributed by atoms with Gasteiger partial charge in [-0.2, -0.15) is 0 Å². The van der Waals surface area contributed by atoms with Crippen LogP contribution in [0.3, 0.4) is 0 Å². The highest BCUT2D eigenvalue weighted by atomic mass is 16.6. The molecular weight excluding hydrogens is 216 g/mol. The molecule has 0 radical (unpaired) electrons. The number of hydrogen-bond acceptors (Lipinski definition) is 3. The number of ether oxygens (including phenoxy) is 2. The summed E-state index contributed by atoms with van der Waals surface area (Å²) >= 11 is 0. The third-order valence-corrected chi connectivity index (χ3v) is 3.16. The van der Waals surface area contributed by atoms with E-state index in [1.54, 1.807) is 6.92 Å². The van der Waals surface area contributed by atoms with Gasteiger partial charge in [0.1, 0.15) is 12.2 Å². The Kier molecular flexibility index (Phi) is 3.60. The van der Waals surface area contributed by atoms with Crippen molar-refractivity contribution in [1.29, 1.82) is 0 Å². The lowest BCUT2D eigenvalue weighted by Gasteiger charge is -2.28. The summed E-state index contributed by atoms with van der Waals surface area (Å²) in [5, 5.41) is 0. The molecule has 1 unspecified atom stereocenters. The fraction of sp³-hybridized carbons (Fsp3) is 0.500. The molecule has 1 saturated heterocycles. The molecule has 0 saturated carbocycles. The maximum absolute atomic E-state index is 12.1. The van der Waals surface area contributed by atoms with Crippen LogP contribution >= 0.6 is 0 Å². The van der Waals surface area contributed by atoms with Gasteiger partial charge in [0.05, 0.1) is 13.2 Å². The van der Waals surface area contributed by atoms with Crippen LogP contribution in [0.25, 0.3) is 0 Å². The SMILES string of the molecule is Cc1ccc(C(=O)C(C)OC2COC2)cc1C. The zero-order valence-corrected chi connectivity index (χ0v) is 10.5. The van der Waals surface area contributed by atoms with E-state index in [1.165, 1.54) is 5.56 Å². The summed E-state index contributed by atoms with van der Waals surface area (Å²) in [5.41, 5.74) is 3.05. The monoisotopic (exact) mass is 234 g/mol. The van der Waals surface area contributed by atoms with Gasteiger partial charge in [-0.3, -0.25) is 4.79 Å². The van der Waals surface area contributed by atoms with Crippen LogP contribution in [0.4, 0.5) is 0 Å². The van der Waals surface area contributed by atoms with Crippen LogP contribution in [0, 0.1) is 13.8 Å². The highest BCUT2D eigenvalue weighted by molar-refractivity contribution is 5.99. The number of ketones is 1. The first-order valence-corrected chi connectivity index (χ1v) is 5.92. The summed E-state index contributed by atoms with van der Waals surface area (Å²) in [6, 6.07) is 5.76. The van der Waals surface area contributed by atoms with Crippen molar-refractivity contribution in [2.45, 2.75) is 33.0 Å². The normalized spacial score (nSPS) is 17.6. The Labute approximate surface area is 102 Å². The largest absolute Gasteiger partial charge is 0.376 e. The van der Waals surface area contributed by atoms with E-state index in [0.717, 1.165) is 11.1 Å². The number of benzene rings is 1. The second kappa shape index (κ2) is 4.98. The third-order valence-electron chi connectivity index (χ3n) is 3.16. The molecule has 1 aromatic rings. The molecule has 0 aromatic heterocycles. The van der Waals surface area contributed by atoms with E-state index in [-0.39, 0.29) is 11.9 Å². The van der Waals surface area contributed by atoms with Crippen molar-refractivity contribution in [2.24, 2.45) is 0 Å². The second-order valence-electron chi connectivity index (χ2n) is 4.60. The number of aryl methyl sites for hydroxylation is 2. The van der Waals surface area contributed by atoms with Crippen molar-refractivity contribution in [3.05, 3.63) is 34.9 Å². The fourth-order valence-electron chi connectivity index (χ4n) is 1.77. The minimum absolute atomic E-state index is 0.0417. The molecule has 1 aromatic carbocycles. The molecule has 17 heavy (non-hydrogen) atoms. The molecular formula is C14H18O3. The van der Waals surface area contributed by atoms with Crippen molar-refractivity contribution in [3.8, 4) is 0 Å². The first-order chi connectivity index (χ1) is 8.08. The lowest BCUT2D eigenvalue weighted by Crippen LogP contribution is -2.40.